The lowest BCUT2D eigenvalue weighted by atomic mass is 9.93. The van der Waals surface area contributed by atoms with Crippen molar-refractivity contribution in [3.63, 3.8) is 0 Å². The van der Waals surface area contributed by atoms with E-state index in [-0.39, 0.29) is 12.5 Å². The molecule has 0 saturated carbocycles. The Hall–Kier alpha value is -1.72. The highest BCUT2D eigenvalue weighted by atomic mass is 16.6. The van der Waals surface area contributed by atoms with Crippen molar-refractivity contribution in [3.05, 3.63) is 70.8 Å². The fraction of sp³-hybridized carbons (Fsp3) is 0.429. The van der Waals surface area contributed by atoms with E-state index in [9.17, 15) is 5.11 Å². The average Bonchev–Trinajstić information content (AvgIpc) is 3.13. The van der Waals surface area contributed by atoms with Crippen molar-refractivity contribution >= 4 is 0 Å². The van der Waals surface area contributed by atoms with Gasteiger partial charge in [0.1, 0.15) is 12.5 Å². The molecule has 0 aliphatic carbocycles. The molecule has 2 aromatic rings. The second kappa shape index (κ2) is 6.22. The summed E-state index contributed by atoms with van der Waals surface area (Å²) in [5, 5.41) is 10.5. The minimum Gasteiger partial charge on any atom is -0.391 e. The van der Waals surface area contributed by atoms with Crippen LogP contribution in [0.3, 0.4) is 0 Å². The highest BCUT2D eigenvalue weighted by molar-refractivity contribution is 5.30. The van der Waals surface area contributed by atoms with Crippen LogP contribution < -0.4 is 0 Å². The Morgan fingerprint density at radius 3 is 1.84 bits per heavy atom. The van der Waals surface area contributed by atoms with E-state index in [4.69, 9.17) is 9.47 Å². The molecule has 2 aromatic carbocycles. The largest absolute Gasteiger partial charge is 0.391 e. The van der Waals surface area contributed by atoms with Crippen LogP contribution in [0.5, 0.6) is 0 Å². The molecule has 4 rings (SSSR count). The van der Waals surface area contributed by atoms with Crippen LogP contribution in [0.25, 0.3) is 0 Å². The Bertz CT molecular complexity index is 716. The van der Waals surface area contributed by atoms with Crippen LogP contribution in [-0.4, -0.2) is 34.9 Å². The van der Waals surface area contributed by atoms with Crippen molar-refractivity contribution < 1.29 is 14.6 Å². The first-order valence-corrected chi connectivity index (χ1v) is 8.84. The van der Waals surface area contributed by atoms with Crippen LogP contribution in [0.4, 0.5) is 0 Å². The van der Waals surface area contributed by atoms with Gasteiger partial charge in [0.25, 0.3) is 0 Å². The van der Waals surface area contributed by atoms with Crippen LogP contribution >= 0.6 is 0 Å². The molecule has 3 atom stereocenters. The van der Waals surface area contributed by atoms with Crippen LogP contribution in [-0.2, 0) is 9.47 Å². The molecule has 2 aliphatic rings. The maximum absolute atomic E-state index is 10.5. The summed E-state index contributed by atoms with van der Waals surface area (Å²) < 4.78 is 12.4. The fourth-order valence-corrected chi connectivity index (χ4v) is 4.01. The molecule has 2 fully saturated rings. The Morgan fingerprint density at radius 2 is 1.44 bits per heavy atom. The third-order valence-corrected chi connectivity index (χ3v) is 5.43. The first-order chi connectivity index (χ1) is 12.0. The minimum absolute atomic E-state index is 0.220. The highest BCUT2D eigenvalue weighted by Crippen LogP contribution is 2.50. The lowest BCUT2D eigenvalue weighted by Crippen LogP contribution is -2.52. The number of hydrogen-bond acceptors (Lipinski definition) is 4. The Morgan fingerprint density at radius 1 is 0.960 bits per heavy atom. The van der Waals surface area contributed by atoms with E-state index in [1.165, 1.54) is 11.1 Å². The van der Waals surface area contributed by atoms with Crippen molar-refractivity contribution in [2.45, 2.75) is 44.9 Å². The standard InChI is InChI=1S/C21H25NO3/c1-14-6-4-8-17(10-14)19-22-20(18-9-5-7-15(2)11-18)25-13-21(22,12-24-19)16(3)23/h4-11,16,19-20,23H,12-13H2,1-3H3. The predicted octanol–water partition coefficient (Wildman–Crippen LogP) is 3.48. The third-order valence-electron chi connectivity index (χ3n) is 5.43. The van der Waals surface area contributed by atoms with Crippen LogP contribution in [0.15, 0.2) is 48.5 Å². The van der Waals surface area contributed by atoms with Gasteiger partial charge < -0.3 is 14.6 Å². The molecule has 0 aromatic heterocycles. The number of aliphatic hydroxyl groups excluding tert-OH is 1. The Labute approximate surface area is 149 Å². The van der Waals surface area contributed by atoms with Gasteiger partial charge in [-0.3, -0.25) is 0 Å². The lowest BCUT2D eigenvalue weighted by Gasteiger charge is -2.36. The molecular formula is C21H25NO3. The average molecular weight is 339 g/mol. The van der Waals surface area contributed by atoms with Crippen molar-refractivity contribution in [2.24, 2.45) is 0 Å². The summed E-state index contributed by atoms with van der Waals surface area (Å²) in [5.41, 5.74) is 4.09. The van der Waals surface area contributed by atoms with E-state index in [1.54, 1.807) is 0 Å². The molecule has 0 spiro atoms. The van der Waals surface area contributed by atoms with Gasteiger partial charge in [-0.05, 0) is 31.9 Å². The smallest absolute Gasteiger partial charge is 0.139 e. The van der Waals surface area contributed by atoms with Gasteiger partial charge in [-0.25, -0.2) is 4.90 Å². The number of benzene rings is 2. The zero-order valence-corrected chi connectivity index (χ0v) is 15.0. The molecule has 1 N–H and O–H groups in total. The zero-order chi connectivity index (χ0) is 17.6. The molecule has 132 valence electrons. The molecule has 0 bridgehead atoms. The van der Waals surface area contributed by atoms with Crippen molar-refractivity contribution in [2.75, 3.05) is 13.2 Å². The number of fused-ring (bicyclic) bond motifs is 1. The summed E-state index contributed by atoms with van der Waals surface area (Å²) in [7, 11) is 0. The van der Waals surface area contributed by atoms with Gasteiger partial charge in [0.15, 0.2) is 0 Å². The van der Waals surface area contributed by atoms with Gasteiger partial charge in [0.2, 0.25) is 0 Å². The number of ether oxygens (including phenoxy) is 2. The van der Waals surface area contributed by atoms with E-state index in [0.29, 0.717) is 13.2 Å². The number of hydrogen-bond donors (Lipinski definition) is 1. The van der Waals surface area contributed by atoms with Gasteiger partial charge >= 0.3 is 0 Å². The quantitative estimate of drug-likeness (QED) is 0.930. The summed E-state index contributed by atoms with van der Waals surface area (Å²) in [5.74, 6) is 0. The Kier molecular flexibility index (Phi) is 4.16. The lowest BCUT2D eigenvalue weighted by molar-refractivity contribution is -0.0654. The maximum Gasteiger partial charge on any atom is 0.139 e. The number of nitrogens with zero attached hydrogens (tertiary/aromatic N) is 1. The summed E-state index contributed by atoms with van der Waals surface area (Å²) in [6, 6.07) is 16.7. The van der Waals surface area contributed by atoms with Gasteiger partial charge in [-0.2, -0.15) is 0 Å². The maximum atomic E-state index is 10.5. The van der Waals surface area contributed by atoms with Crippen molar-refractivity contribution in [1.82, 2.24) is 4.90 Å². The molecule has 4 heteroatoms. The molecule has 3 unspecified atom stereocenters. The normalized spacial score (nSPS) is 30.4. The van der Waals surface area contributed by atoms with Gasteiger partial charge in [0.05, 0.1) is 24.9 Å². The third kappa shape index (κ3) is 2.70. The molecule has 4 nitrogen and oxygen atoms in total. The minimum atomic E-state index is -0.544. The fourth-order valence-electron chi connectivity index (χ4n) is 4.01. The molecule has 2 saturated heterocycles. The van der Waals surface area contributed by atoms with Crippen LogP contribution in [0.2, 0.25) is 0 Å². The van der Waals surface area contributed by atoms with Gasteiger partial charge in [0, 0.05) is 0 Å². The Balaban J connectivity index is 1.77. The molecule has 2 heterocycles. The monoisotopic (exact) mass is 339 g/mol. The summed E-state index contributed by atoms with van der Waals surface area (Å²) in [6.07, 6.45) is -0.984. The summed E-state index contributed by atoms with van der Waals surface area (Å²) in [6.45, 7) is 6.92. The number of aryl methyl sites for hydroxylation is 2. The molecule has 2 aliphatic heterocycles. The van der Waals surface area contributed by atoms with E-state index < -0.39 is 11.6 Å². The van der Waals surface area contributed by atoms with E-state index in [0.717, 1.165) is 11.1 Å². The second-order valence-electron chi connectivity index (χ2n) is 7.34. The zero-order valence-electron chi connectivity index (χ0n) is 15.0. The molecule has 0 amide bonds. The molecular weight excluding hydrogens is 314 g/mol. The first kappa shape index (κ1) is 16.7. The van der Waals surface area contributed by atoms with E-state index in [1.807, 2.05) is 6.92 Å². The van der Waals surface area contributed by atoms with Crippen LogP contribution in [0, 0.1) is 13.8 Å². The molecule has 0 radical (unpaired) electrons. The van der Waals surface area contributed by atoms with E-state index >= 15 is 0 Å². The van der Waals surface area contributed by atoms with Crippen LogP contribution in [0.1, 0.15) is 41.6 Å². The summed E-state index contributed by atoms with van der Waals surface area (Å²) >= 11 is 0. The van der Waals surface area contributed by atoms with Gasteiger partial charge in [-0.15, -0.1) is 0 Å². The SMILES string of the molecule is Cc1cccc(C2OCC3(C(C)O)COC(c4cccc(C)c4)N23)c1. The second-order valence-corrected chi connectivity index (χ2v) is 7.34. The summed E-state index contributed by atoms with van der Waals surface area (Å²) in [4.78, 5) is 2.22. The highest BCUT2D eigenvalue weighted by Gasteiger charge is 2.59. The number of rotatable bonds is 3. The predicted molar refractivity (Wildman–Crippen MR) is 96.0 cm³/mol. The van der Waals surface area contributed by atoms with E-state index in [2.05, 4.69) is 67.3 Å². The number of aliphatic hydroxyl groups is 1. The molecule has 25 heavy (non-hydrogen) atoms. The van der Waals surface area contributed by atoms with Crippen molar-refractivity contribution in [3.8, 4) is 0 Å². The van der Waals surface area contributed by atoms with Gasteiger partial charge in [-0.1, -0.05) is 59.7 Å². The van der Waals surface area contributed by atoms with Crippen molar-refractivity contribution in [1.29, 1.82) is 0 Å². The topological polar surface area (TPSA) is 41.9 Å². The first-order valence-electron chi connectivity index (χ1n) is 8.84.